The number of amides is 1. The molecule has 0 radical (unpaired) electrons. The third kappa shape index (κ3) is 3.45. The van der Waals surface area contributed by atoms with E-state index in [9.17, 15) is 20.1 Å². The topological polar surface area (TPSA) is 178 Å². The summed E-state index contributed by atoms with van der Waals surface area (Å²) < 4.78 is 12.4. The lowest BCUT2D eigenvalue weighted by atomic mass is 10.1. The van der Waals surface area contributed by atoms with Crippen LogP contribution in [-0.4, -0.2) is 72.3 Å². The van der Waals surface area contributed by atoms with E-state index in [1.165, 1.54) is 17.2 Å². The van der Waals surface area contributed by atoms with Crippen molar-refractivity contribution in [2.24, 2.45) is 0 Å². The van der Waals surface area contributed by atoms with Gasteiger partial charge in [0.25, 0.3) is 11.8 Å². The number of hydrogen-bond acceptors (Lipinski definition) is 10. The molecule has 12 heteroatoms. The predicted octanol–water partition coefficient (Wildman–Crippen LogP) is -1.04. The first-order valence-electron chi connectivity index (χ1n) is 9.55. The number of imidazole rings is 1. The van der Waals surface area contributed by atoms with E-state index in [0.717, 1.165) is 0 Å². The van der Waals surface area contributed by atoms with Crippen molar-refractivity contribution in [3.63, 3.8) is 0 Å². The Balaban J connectivity index is 1.76. The van der Waals surface area contributed by atoms with Crippen LogP contribution in [0.2, 0.25) is 0 Å². The molecular formula is C19H22N6O6. The number of aliphatic hydroxyl groups excluding tert-OH is 3. The van der Waals surface area contributed by atoms with Gasteiger partial charge in [0.15, 0.2) is 17.6 Å². The number of nitrogen functional groups attached to an aromatic ring is 1. The molecule has 4 rings (SSSR count). The zero-order valence-electron chi connectivity index (χ0n) is 16.5. The molecule has 12 nitrogen and oxygen atoms in total. The minimum absolute atomic E-state index is 0.0866. The molecule has 0 saturated carbocycles. The Labute approximate surface area is 176 Å². The molecule has 164 valence electrons. The van der Waals surface area contributed by atoms with Crippen molar-refractivity contribution in [3.8, 4) is 5.75 Å². The molecule has 2 aromatic heterocycles. The van der Waals surface area contributed by atoms with Crippen LogP contribution >= 0.6 is 0 Å². The maximum absolute atomic E-state index is 13.0. The standard InChI is InChI=1S/C19H22N6O6/c1-2-30-11-5-3-10(4-6-11)18(29)24-19(15(28)14(27)12(7-26)31-19)25-9-23-13-16(20)21-8-22-17(13)25/h3-6,8-9,12,14-15,26-28H,2,7H2,1H3,(H,24,29)(H2,20,21,22)/t12-,14-,15-,19+/m1/s1. The molecule has 1 fully saturated rings. The van der Waals surface area contributed by atoms with Crippen molar-refractivity contribution < 1.29 is 29.6 Å². The normalized spacial score (nSPS) is 25.6. The van der Waals surface area contributed by atoms with E-state index < -0.39 is 36.7 Å². The molecule has 0 bridgehead atoms. The summed E-state index contributed by atoms with van der Waals surface area (Å²) in [6, 6.07) is 6.34. The van der Waals surface area contributed by atoms with Crippen molar-refractivity contribution in [2.45, 2.75) is 31.1 Å². The van der Waals surface area contributed by atoms with Crippen LogP contribution in [0.4, 0.5) is 5.82 Å². The summed E-state index contributed by atoms with van der Waals surface area (Å²) in [5.41, 5.74) is 6.46. The van der Waals surface area contributed by atoms with E-state index in [1.54, 1.807) is 24.3 Å². The number of rotatable bonds is 6. The number of ether oxygens (including phenoxy) is 2. The Kier molecular flexibility index (Phi) is 5.45. The second kappa shape index (κ2) is 8.07. The molecule has 1 aliphatic rings. The van der Waals surface area contributed by atoms with Gasteiger partial charge in [-0.05, 0) is 31.2 Å². The second-order valence-electron chi connectivity index (χ2n) is 6.93. The van der Waals surface area contributed by atoms with Gasteiger partial charge in [0.1, 0.15) is 36.1 Å². The molecule has 1 aromatic carbocycles. The number of benzene rings is 1. The Morgan fingerprint density at radius 3 is 2.68 bits per heavy atom. The molecule has 6 N–H and O–H groups in total. The largest absolute Gasteiger partial charge is 0.494 e. The zero-order chi connectivity index (χ0) is 22.2. The average molecular weight is 430 g/mol. The van der Waals surface area contributed by atoms with Gasteiger partial charge < -0.3 is 35.8 Å². The van der Waals surface area contributed by atoms with Gasteiger partial charge in [0.05, 0.1) is 13.2 Å². The molecule has 0 unspecified atom stereocenters. The van der Waals surface area contributed by atoms with E-state index >= 15 is 0 Å². The van der Waals surface area contributed by atoms with Crippen LogP contribution in [0.3, 0.4) is 0 Å². The maximum Gasteiger partial charge on any atom is 0.258 e. The number of aliphatic hydroxyl groups is 3. The number of nitrogens with one attached hydrogen (secondary N) is 1. The van der Waals surface area contributed by atoms with Crippen molar-refractivity contribution in [1.82, 2.24) is 24.8 Å². The van der Waals surface area contributed by atoms with Crippen LogP contribution in [0, 0.1) is 0 Å². The van der Waals surface area contributed by atoms with Gasteiger partial charge in [-0.25, -0.2) is 15.0 Å². The highest BCUT2D eigenvalue weighted by Gasteiger charge is 2.57. The molecule has 1 saturated heterocycles. The van der Waals surface area contributed by atoms with Crippen LogP contribution in [-0.2, 0) is 10.6 Å². The fourth-order valence-electron chi connectivity index (χ4n) is 3.51. The highest BCUT2D eigenvalue weighted by molar-refractivity contribution is 5.94. The maximum atomic E-state index is 13.0. The highest BCUT2D eigenvalue weighted by Crippen LogP contribution is 2.36. The number of carbonyl (C=O) groups is 1. The van der Waals surface area contributed by atoms with E-state index in [2.05, 4.69) is 20.3 Å². The molecule has 4 atom stereocenters. The van der Waals surface area contributed by atoms with Crippen molar-refractivity contribution in [3.05, 3.63) is 42.5 Å². The third-order valence-electron chi connectivity index (χ3n) is 5.06. The fraction of sp³-hybridized carbons (Fsp3) is 0.368. The minimum Gasteiger partial charge on any atom is -0.494 e. The van der Waals surface area contributed by atoms with Gasteiger partial charge in [0, 0.05) is 5.56 Å². The highest BCUT2D eigenvalue weighted by atomic mass is 16.6. The fourth-order valence-corrected chi connectivity index (χ4v) is 3.51. The van der Waals surface area contributed by atoms with Crippen molar-refractivity contribution in [2.75, 3.05) is 18.9 Å². The monoisotopic (exact) mass is 430 g/mol. The molecule has 3 aromatic rings. The van der Waals surface area contributed by atoms with Gasteiger partial charge in [-0.15, -0.1) is 0 Å². The van der Waals surface area contributed by atoms with E-state index in [4.69, 9.17) is 15.2 Å². The lowest BCUT2D eigenvalue weighted by Crippen LogP contribution is -2.58. The summed E-state index contributed by atoms with van der Waals surface area (Å²) in [5, 5.41) is 33.5. The lowest BCUT2D eigenvalue weighted by molar-refractivity contribution is -0.160. The predicted molar refractivity (Wildman–Crippen MR) is 107 cm³/mol. The average Bonchev–Trinajstić information content (AvgIpc) is 3.31. The number of nitrogens with two attached hydrogens (primary N) is 1. The number of fused-ring (bicyclic) bond motifs is 1. The van der Waals surface area contributed by atoms with Gasteiger partial charge in [0.2, 0.25) is 0 Å². The lowest BCUT2D eigenvalue weighted by Gasteiger charge is -2.34. The van der Waals surface area contributed by atoms with Crippen molar-refractivity contribution >= 4 is 22.9 Å². The van der Waals surface area contributed by atoms with Gasteiger partial charge >= 0.3 is 0 Å². The Morgan fingerprint density at radius 1 is 1.29 bits per heavy atom. The molecule has 1 aliphatic heterocycles. The summed E-state index contributed by atoms with van der Waals surface area (Å²) in [5.74, 6) is -1.95. The first-order valence-corrected chi connectivity index (χ1v) is 9.55. The first-order chi connectivity index (χ1) is 14.9. The van der Waals surface area contributed by atoms with E-state index in [-0.39, 0.29) is 22.5 Å². The molecule has 0 spiro atoms. The second-order valence-corrected chi connectivity index (χ2v) is 6.93. The number of hydrogen-bond donors (Lipinski definition) is 5. The summed E-state index contributed by atoms with van der Waals surface area (Å²) in [4.78, 5) is 25.2. The van der Waals surface area contributed by atoms with Crippen LogP contribution in [0.5, 0.6) is 5.75 Å². The third-order valence-corrected chi connectivity index (χ3v) is 5.06. The molecular weight excluding hydrogens is 408 g/mol. The minimum atomic E-state index is -2.02. The SMILES string of the molecule is CCOc1ccc(C(=O)N[C@@]2(n3cnc4c(N)ncnc43)O[C@H](CO)[C@@H](O)[C@H]2O)cc1. The van der Waals surface area contributed by atoms with Crippen LogP contribution in [0.1, 0.15) is 17.3 Å². The summed E-state index contributed by atoms with van der Waals surface area (Å²) in [6.45, 7) is 1.73. The Morgan fingerprint density at radius 2 is 2.03 bits per heavy atom. The number of carbonyl (C=O) groups excluding carboxylic acids is 1. The Hall–Kier alpha value is -3.32. The first kappa shape index (κ1) is 20.9. The quantitative estimate of drug-likeness (QED) is 0.324. The smallest absolute Gasteiger partial charge is 0.258 e. The van der Waals surface area contributed by atoms with Gasteiger partial charge in [-0.2, -0.15) is 0 Å². The summed E-state index contributed by atoms with van der Waals surface area (Å²) >= 11 is 0. The summed E-state index contributed by atoms with van der Waals surface area (Å²) in [7, 11) is 0. The van der Waals surface area contributed by atoms with Crippen LogP contribution in [0.15, 0.2) is 36.9 Å². The molecule has 3 heterocycles. The number of anilines is 1. The van der Waals surface area contributed by atoms with E-state index in [1.807, 2.05) is 6.92 Å². The van der Waals surface area contributed by atoms with Crippen molar-refractivity contribution in [1.29, 1.82) is 0 Å². The Bertz CT molecular complexity index is 1090. The van der Waals surface area contributed by atoms with E-state index in [0.29, 0.717) is 12.4 Å². The number of aromatic nitrogens is 4. The van der Waals surface area contributed by atoms with Gasteiger partial charge in [-0.1, -0.05) is 0 Å². The number of nitrogens with zero attached hydrogens (tertiary/aromatic N) is 4. The zero-order valence-corrected chi connectivity index (χ0v) is 16.5. The van der Waals surface area contributed by atoms with Crippen LogP contribution < -0.4 is 15.8 Å². The van der Waals surface area contributed by atoms with Gasteiger partial charge in [-0.3, -0.25) is 9.36 Å². The van der Waals surface area contributed by atoms with Crippen LogP contribution in [0.25, 0.3) is 11.2 Å². The molecule has 31 heavy (non-hydrogen) atoms. The molecule has 0 aliphatic carbocycles. The molecule has 1 amide bonds. The summed E-state index contributed by atoms with van der Waals surface area (Å²) in [6.07, 6.45) is -1.89.